The quantitative estimate of drug-likeness (QED) is 0.674. The van der Waals surface area contributed by atoms with Crippen molar-refractivity contribution in [3.63, 3.8) is 0 Å². The molecule has 1 aliphatic rings. The highest BCUT2D eigenvalue weighted by molar-refractivity contribution is 7.74. The molecule has 0 saturated carbocycles. The molecule has 0 aliphatic heterocycles. The zero-order chi connectivity index (χ0) is 16.4. The van der Waals surface area contributed by atoms with Crippen LogP contribution in [0.25, 0.3) is 0 Å². The second kappa shape index (κ2) is 6.46. The summed E-state index contributed by atoms with van der Waals surface area (Å²) >= 11 is 0. The van der Waals surface area contributed by atoms with Gasteiger partial charge >= 0.3 is 0 Å². The first-order chi connectivity index (χ1) is 11.0. The van der Waals surface area contributed by atoms with Crippen molar-refractivity contribution in [3.05, 3.63) is 84.0 Å². The van der Waals surface area contributed by atoms with Gasteiger partial charge in [-0.1, -0.05) is 97.8 Å². The fraction of sp³-hybridized carbons (Fsp3) is 0.273. The van der Waals surface area contributed by atoms with Crippen LogP contribution in [-0.2, 0) is 0 Å². The van der Waals surface area contributed by atoms with Crippen molar-refractivity contribution in [2.75, 3.05) is 0 Å². The first kappa shape index (κ1) is 16.2. The molecule has 2 aromatic carbocycles. The van der Waals surface area contributed by atoms with Gasteiger partial charge in [-0.3, -0.25) is 0 Å². The Balaban J connectivity index is 2.09. The molecule has 118 valence electrons. The molecule has 0 atom stereocenters. The second-order valence-electron chi connectivity index (χ2n) is 6.96. The van der Waals surface area contributed by atoms with Gasteiger partial charge in [0.1, 0.15) is 0 Å². The van der Waals surface area contributed by atoms with Gasteiger partial charge in [0.05, 0.1) is 0 Å². The minimum Gasteiger partial charge on any atom is -0.0767 e. The van der Waals surface area contributed by atoms with Crippen molar-refractivity contribution >= 4 is 18.5 Å². The Morgan fingerprint density at radius 2 is 1.09 bits per heavy atom. The van der Waals surface area contributed by atoms with E-state index in [1.807, 2.05) is 0 Å². The third-order valence-corrected chi connectivity index (χ3v) is 7.80. The van der Waals surface area contributed by atoms with E-state index in [0.717, 1.165) is 0 Å². The van der Waals surface area contributed by atoms with Crippen molar-refractivity contribution in [2.45, 2.75) is 32.9 Å². The second-order valence-corrected chi connectivity index (χ2v) is 9.81. The van der Waals surface area contributed by atoms with Crippen molar-refractivity contribution in [1.29, 1.82) is 0 Å². The lowest BCUT2D eigenvalue weighted by atomic mass is 9.97. The normalized spacial score (nSPS) is 14.8. The predicted octanol–water partition coefficient (Wildman–Crippen LogP) is 5.26. The maximum absolute atomic E-state index is 2.42. The fourth-order valence-electron chi connectivity index (χ4n) is 3.25. The number of rotatable bonds is 4. The average Bonchev–Trinajstić information content (AvgIpc) is 3.06. The number of hydrogen-bond acceptors (Lipinski definition) is 0. The van der Waals surface area contributed by atoms with Gasteiger partial charge in [0.25, 0.3) is 0 Å². The first-order valence-electron chi connectivity index (χ1n) is 8.27. The van der Waals surface area contributed by atoms with E-state index in [2.05, 4.69) is 101 Å². The molecule has 0 heterocycles. The van der Waals surface area contributed by atoms with Gasteiger partial charge in [-0.15, -0.1) is 0 Å². The maximum Gasteiger partial charge on any atom is 0.00493 e. The van der Waals surface area contributed by atoms with Gasteiger partial charge in [0.15, 0.2) is 0 Å². The van der Waals surface area contributed by atoms with E-state index < -0.39 is 7.92 Å². The van der Waals surface area contributed by atoms with Crippen molar-refractivity contribution in [3.8, 4) is 0 Å². The molecule has 0 unspecified atom stereocenters. The summed E-state index contributed by atoms with van der Waals surface area (Å²) in [6, 6.07) is 18.3. The Kier molecular flexibility index (Phi) is 4.55. The minimum atomic E-state index is -0.432. The summed E-state index contributed by atoms with van der Waals surface area (Å²) in [5.74, 6) is 0.496. The molecule has 1 aliphatic carbocycles. The van der Waals surface area contributed by atoms with E-state index in [9.17, 15) is 0 Å². The molecule has 0 fully saturated rings. The lowest BCUT2D eigenvalue weighted by Gasteiger charge is -2.39. The van der Waals surface area contributed by atoms with Crippen molar-refractivity contribution < 1.29 is 0 Å². The zero-order valence-corrected chi connectivity index (χ0v) is 15.3. The predicted molar refractivity (Wildman–Crippen MR) is 104 cm³/mol. The van der Waals surface area contributed by atoms with Crippen LogP contribution in [0.5, 0.6) is 0 Å². The van der Waals surface area contributed by atoms with Crippen LogP contribution in [0.1, 0.15) is 25.0 Å². The van der Waals surface area contributed by atoms with Gasteiger partial charge in [-0.2, -0.15) is 0 Å². The van der Waals surface area contributed by atoms with Gasteiger partial charge in [-0.25, -0.2) is 0 Å². The summed E-state index contributed by atoms with van der Waals surface area (Å²) in [4.78, 5) is 0. The molecule has 0 radical (unpaired) electrons. The lowest BCUT2D eigenvalue weighted by molar-refractivity contribution is 0.603. The highest BCUT2D eigenvalue weighted by Crippen LogP contribution is 2.53. The van der Waals surface area contributed by atoms with Gasteiger partial charge in [0, 0.05) is 11.1 Å². The monoisotopic (exact) mass is 320 g/mol. The molecular formula is C22H25P. The summed E-state index contributed by atoms with van der Waals surface area (Å²) < 4.78 is 0. The minimum absolute atomic E-state index is 0.184. The summed E-state index contributed by atoms with van der Waals surface area (Å²) in [6.07, 6.45) is 9.06. The van der Waals surface area contributed by atoms with E-state index in [1.54, 1.807) is 0 Å². The number of hydrogen-bond donors (Lipinski definition) is 0. The van der Waals surface area contributed by atoms with Gasteiger partial charge in [-0.05, 0) is 32.4 Å². The molecule has 23 heavy (non-hydrogen) atoms. The van der Waals surface area contributed by atoms with Crippen LogP contribution in [0.15, 0.2) is 72.8 Å². The van der Waals surface area contributed by atoms with E-state index in [-0.39, 0.29) is 5.16 Å². The summed E-state index contributed by atoms with van der Waals surface area (Å²) in [5.41, 5.74) is 2.65. The third kappa shape index (κ3) is 3.33. The van der Waals surface area contributed by atoms with Crippen LogP contribution in [-0.4, -0.2) is 5.16 Å². The smallest absolute Gasteiger partial charge is 0.00493 e. The Bertz CT molecular complexity index is 660. The average molecular weight is 320 g/mol. The molecule has 0 N–H and O–H groups in total. The topological polar surface area (TPSA) is 0 Å². The summed E-state index contributed by atoms with van der Waals surface area (Å²) in [5, 5.41) is 3.12. The largest absolute Gasteiger partial charge is 0.0767 e. The highest BCUT2D eigenvalue weighted by Gasteiger charge is 2.37. The Morgan fingerprint density at radius 1 is 0.696 bits per heavy atom. The number of aryl methyl sites for hydroxylation is 2. The van der Waals surface area contributed by atoms with Crippen LogP contribution < -0.4 is 10.6 Å². The Hall–Kier alpha value is -1.65. The summed E-state index contributed by atoms with van der Waals surface area (Å²) in [7, 11) is -0.432. The van der Waals surface area contributed by atoms with E-state index in [1.165, 1.54) is 21.7 Å². The Morgan fingerprint density at radius 3 is 1.48 bits per heavy atom. The molecule has 3 rings (SSSR count). The molecule has 0 bridgehead atoms. The van der Waals surface area contributed by atoms with E-state index >= 15 is 0 Å². The molecular weight excluding hydrogens is 295 g/mol. The van der Waals surface area contributed by atoms with E-state index in [0.29, 0.717) is 5.92 Å². The highest BCUT2D eigenvalue weighted by atomic mass is 31.1. The third-order valence-electron chi connectivity index (χ3n) is 4.72. The standard InChI is InChI=1S/C22H25P/c1-17-9-13-20(14-10-17)23(21-15-11-18(2)12-16-21)22(3,4)19-7-5-6-8-19/h5-16,19H,1-4H3. The summed E-state index contributed by atoms with van der Waals surface area (Å²) in [6.45, 7) is 9.16. The Labute approximate surface area is 141 Å². The zero-order valence-electron chi connectivity index (χ0n) is 14.5. The molecule has 0 amide bonds. The van der Waals surface area contributed by atoms with Gasteiger partial charge in [0.2, 0.25) is 0 Å². The number of allylic oxidation sites excluding steroid dienone is 4. The van der Waals surface area contributed by atoms with Crippen LogP contribution in [0.3, 0.4) is 0 Å². The molecule has 0 spiro atoms. The lowest BCUT2D eigenvalue weighted by Crippen LogP contribution is -2.34. The van der Waals surface area contributed by atoms with Crippen molar-refractivity contribution in [2.24, 2.45) is 5.92 Å². The molecule has 0 saturated heterocycles. The van der Waals surface area contributed by atoms with Crippen LogP contribution >= 0.6 is 7.92 Å². The molecule has 1 heteroatoms. The fourth-order valence-corrected chi connectivity index (χ4v) is 6.25. The van der Waals surface area contributed by atoms with E-state index in [4.69, 9.17) is 0 Å². The van der Waals surface area contributed by atoms with Crippen LogP contribution in [0.4, 0.5) is 0 Å². The molecule has 0 aromatic heterocycles. The maximum atomic E-state index is 2.42. The van der Waals surface area contributed by atoms with Gasteiger partial charge < -0.3 is 0 Å². The van der Waals surface area contributed by atoms with Crippen molar-refractivity contribution in [1.82, 2.24) is 0 Å². The SMILES string of the molecule is Cc1ccc(P(c2ccc(C)cc2)C(C)(C)C2C=CC=C2)cc1. The van der Waals surface area contributed by atoms with Crippen LogP contribution in [0.2, 0.25) is 0 Å². The molecule has 2 aromatic rings. The van der Waals surface area contributed by atoms with Crippen LogP contribution in [0, 0.1) is 19.8 Å². The number of benzene rings is 2. The molecule has 0 nitrogen and oxygen atoms in total. The first-order valence-corrected chi connectivity index (χ1v) is 9.61.